The molecule has 0 bridgehead atoms. The van der Waals surface area contributed by atoms with Crippen LogP contribution in [0.3, 0.4) is 0 Å². The second kappa shape index (κ2) is 4.31. The van der Waals surface area contributed by atoms with Crippen molar-refractivity contribution in [2.75, 3.05) is 11.9 Å². The van der Waals surface area contributed by atoms with Gasteiger partial charge in [0.25, 0.3) is 0 Å². The first kappa shape index (κ1) is 14.1. The molecule has 0 atom stereocenters. The monoisotopic (exact) mass is 309 g/mol. The van der Waals surface area contributed by atoms with Crippen LogP contribution in [0.2, 0.25) is 5.28 Å². The zero-order chi connectivity index (χ0) is 14.7. The normalized spacial score (nSPS) is 20.3. The van der Waals surface area contributed by atoms with Gasteiger partial charge >= 0.3 is 0 Å². The molecule has 20 heavy (non-hydrogen) atoms. The van der Waals surface area contributed by atoms with Gasteiger partial charge in [-0.2, -0.15) is 0 Å². The van der Waals surface area contributed by atoms with E-state index >= 15 is 0 Å². The molecule has 2 heterocycles. The fraction of sp³-hybridized carbons (Fsp3) is 0.600. The molecule has 2 aromatic heterocycles. The maximum Gasteiger partial charge on any atom is 0.225 e. The van der Waals surface area contributed by atoms with Gasteiger partial charge in [-0.3, -0.25) is 0 Å². The number of hydrogen-bond acceptors (Lipinski definition) is 4. The van der Waals surface area contributed by atoms with Gasteiger partial charge in [0.1, 0.15) is 10.6 Å². The molecule has 1 N–H and O–H groups in total. The summed E-state index contributed by atoms with van der Waals surface area (Å²) in [5.74, 6) is 1.52. The molecule has 0 saturated heterocycles. The number of thiophene rings is 1. The zero-order valence-electron chi connectivity index (χ0n) is 12.5. The van der Waals surface area contributed by atoms with E-state index in [1.165, 1.54) is 4.88 Å². The Hall–Kier alpha value is -0.870. The molecule has 1 saturated carbocycles. The van der Waals surface area contributed by atoms with Gasteiger partial charge in [0.2, 0.25) is 5.28 Å². The smallest absolute Gasteiger partial charge is 0.225 e. The molecular formula is C15H20ClN3S. The number of nitrogens with zero attached hydrogens (tertiary/aromatic N) is 2. The number of aromatic nitrogens is 2. The van der Waals surface area contributed by atoms with Crippen molar-refractivity contribution < 1.29 is 0 Å². The van der Waals surface area contributed by atoms with Crippen LogP contribution >= 0.6 is 22.9 Å². The third kappa shape index (κ3) is 2.01. The minimum absolute atomic E-state index is 0.316. The molecule has 3 rings (SSSR count). The summed E-state index contributed by atoms with van der Waals surface area (Å²) in [6.45, 7) is 12.3. The maximum absolute atomic E-state index is 6.02. The summed E-state index contributed by atoms with van der Waals surface area (Å²) in [7, 11) is 0. The predicted octanol–water partition coefficient (Wildman–Crippen LogP) is 4.75. The van der Waals surface area contributed by atoms with E-state index in [0.717, 1.165) is 22.6 Å². The number of hydrogen-bond donors (Lipinski definition) is 1. The van der Waals surface area contributed by atoms with Crippen LogP contribution in [-0.2, 0) is 0 Å². The lowest BCUT2D eigenvalue weighted by Crippen LogP contribution is -2.09. The first-order valence-corrected chi connectivity index (χ1v) is 8.10. The van der Waals surface area contributed by atoms with Crippen molar-refractivity contribution in [1.82, 2.24) is 9.97 Å². The van der Waals surface area contributed by atoms with Gasteiger partial charge in [-0.05, 0) is 41.3 Å². The molecule has 3 nitrogen and oxygen atoms in total. The number of rotatable bonds is 3. The average molecular weight is 310 g/mol. The van der Waals surface area contributed by atoms with E-state index in [-0.39, 0.29) is 0 Å². The van der Waals surface area contributed by atoms with E-state index in [0.29, 0.717) is 22.0 Å². The van der Waals surface area contributed by atoms with E-state index in [9.17, 15) is 0 Å². The third-order valence-electron chi connectivity index (χ3n) is 5.28. The van der Waals surface area contributed by atoms with Crippen LogP contribution in [0, 0.1) is 23.7 Å². The molecule has 1 aliphatic carbocycles. The van der Waals surface area contributed by atoms with Crippen LogP contribution in [-0.4, -0.2) is 16.5 Å². The Morgan fingerprint density at radius 3 is 2.50 bits per heavy atom. The average Bonchev–Trinajstić information content (AvgIpc) is 2.60. The fourth-order valence-corrected chi connectivity index (χ4v) is 4.29. The minimum atomic E-state index is 0.316. The second-order valence-corrected chi connectivity index (χ2v) is 8.37. The van der Waals surface area contributed by atoms with Crippen molar-refractivity contribution in [3.05, 3.63) is 16.2 Å². The van der Waals surface area contributed by atoms with Crippen molar-refractivity contribution in [2.24, 2.45) is 16.7 Å². The molecule has 2 aromatic rings. The Labute approximate surface area is 128 Å². The predicted molar refractivity (Wildman–Crippen MR) is 86.7 cm³/mol. The van der Waals surface area contributed by atoms with Crippen LogP contribution in [0.25, 0.3) is 10.2 Å². The van der Waals surface area contributed by atoms with Gasteiger partial charge in [0.05, 0.1) is 5.39 Å². The molecule has 0 radical (unpaired) electrons. The van der Waals surface area contributed by atoms with Crippen LogP contribution in [0.1, 0.15) is 32.6 Å². The number of aryl methyl sites for hydroxylation is 1. The van der Waals surface area contributed by atoms with Gasteiger partial charge in [0, 0.05) is 11.4 Å². The van der Waals surface area contributed by atoms with Crippen molar-refractivity contribution in [3.63, 3.8) is 0 Å². The first-order chi connectivity index (χ1) is 9.23. The van der Waals surface area contributed by atoms with Gasteiger partial charge in [0.15, 0.2) is 0 Å². The van der Waals surface area contributed by atoms with Gasteiger partial charge in [-0.25, -0.2) is 9.97 Å². The molecule has 1 fully saturated rings. The Morgan fingerprint density at radius 2 is 1.90 bits per heavy atom. The number of anilines is 1. The van der Waals surface area contributed by atoms with Crippen LogP contribution < -0.4 is 5.32 Å². The van der Waals surface area contributed by atoms with Crippen molar-refractivity contribution in [3.8, 4) is 0 Å². The van der Waals surface area contributed by atoms with E-state index in [1.54, 1.807) is 11.3 Å². The third-order valence-corrected chi connectivity index (χ3v) is 6.40. The molecular weight excluding hydrogens is 290 g/mol. The maximum atomic E-state index is 6.02. The van der Waals surface area contributed by atoms with Crippen LogP contribution in [0.15, 0.2) is 6.07 Å². The van der Waals surface area contributed by atoms with Gasteiger partial charge in [-0.1, -0.05) is 27.7 Å². The standard InChI is InChI=1S/C15H20ClN3S/c1-8-6-9-11(18-13(16)19-12(9)20-8)17-7-10-14(2,3)15(10,4)5/h6,10H,7H2,1-5H3,(H,17,18,19). The number of fused-ring (bicyclic) bond motifs is 1. The molecule has 0 aromatic carbocycles. The summed E-state index contributed by atoms with van der Waals surface area (Å²) >= 11 is 7.67. The molecule has 5 heteroatoms. The topological polar surface area (TPSA) is 37.8 Å². The quantitative estimate of drug-likeness (QED) is 0.832. The van der Waals surface area contributed by atoms with E-state index in [2.05, 4.69) is 56.0 Å². The number of nitrogens with one attached hydrogen (secondary N) is 1. The van der Waals surface area contributed by atoms with Crippen molar-refractivity contribution in [2.45, 2.75) is 34.6 Å². The summed E-state index contributed by atoms with van der Waals surface area (Å²) < 4.78 is 0. The number of halogens is 1. The second-order valence-electron chi connectivity index (χ2n) is 6.79. The highest BCUT2D eigenvalue weighted by atomic mass is 35.5. The van der Waals surface area contributed by atoms with Gasteiger partial charge in [-0.15, -0.1) is 11.3 Å². The molecule has 1 aliphatic rings. The summed E-state index contributed by atoms with van der Waals surface area (Å²) in [6.07, 6.45) is 0. The van der Waals surface area contributed by atoms with Crippen molar-refractivity contribution in [1.29, 1.82) is 0 Å². The lowest BCUT2D eigenvalue weighted by Gasteiger charge is -2.08. The highest BCUT2D eigenvalue weighted by Crippen LogP contribution is 2.68. The Kier molecular flexibility index (Phi) is 3.04. The SMILES string of the molecule is Cc1cc2c(NCC3C(C)(C)C3(C)C)nc(Cl)nc2s1. The Morgan fingerprint density at radius 1 is 1.25 bits per heavy atom. The molecule has 108 valence electrons. The molecule has 0 amide bonds. The lowest BCUT2D eigenvalue weighted by atomic mass is 10.0. The highest BCUT2D eigenvalue weighted by Gasteiger charge is 2.64. The summed E-state index contributed by atoms with van der Waals surface area (Å²) in [4.78, 5) is 10.8. The Bertz CT molecular complexity index is 661. The molecule has 0 unspecified atom stereocenters. The van der Waals surface area contributed by atoms with E-state index < -0.39 is 0 Å². The summed E-state index contributed by atoms with van der Waals surface area (Å²) in [5.41, 5.74) is 0.751. The summed E-state index contributed by atoms with van der Waals surface area (Å²) in [6, 6.07) is 2.13. The fourth-order valence-electron chi connectivity index (χ4n) is 3.19. The highest BCUT2D eigenvalue weighted by molar-refractivity contribution is 7.18. The van der Waals surface area contributed by atoms with Crippen LogP contribution in [0.4, 0.5) is 5.82 Å². The summed E-state index contributed by atoms with van der Waals surface area (Å²) in [5, 5.41) is 4.88. The minimum Gasteiger partial charge on any atom is -0.369 e. The van der Waals surface area contributed by atoms with Gasteiger partial charge < -0.3 is 5.32 Å². The lowest BCUT2D eigenvalue weighted by molar-refractivity contribution is 0.457. The largest absolute Gasteiger partial charge is 0.369 e. The Balaban J connectivity index is 1.85. The molecule has 0 spiro atoms. The zero-order valence-corrected chi connectivity index (χ0v) is 14.1. The van der Waals surface area contributed by atoms with Crippen LogP contribution in [0.5, 0.6) is 0 Å². The van der Waals surface area contributed by atoms with E-state index in [4.69, 9.17) is 11.6 Å². The first-order valence-electron chi connectivity index (χ1n) is 6.91. The van der Waals surface area contributed by atoms with E-state index in [1.807, 2.05) is 0 Å². The van der Waals surface area contributed by atoms with Crippen molar-refractivity contribution >= 4 is 39.0 Å². The molecule has 0 aliphatic heterocycles.